The van der Waals surface area contributed by atoms with Gasteiger partial charge in [0.2, 0.25) is 0 Å². The second-order valence-electron chi connectivity index (χ2n) is 6.21. The molecule has 1 aliphatic rings. The molecule has 120 valence electrons. The lowest BCUT2D eigenvalue weighted by atomic mass is 10.1. The Bertz CT molecular complexity index is 635. The summed E-state index contributed by atoms with van der Waals surface area (Å²) in [6, 6.07) is 6.63. The van der Waals surface area contributed by atoms with Gasteiger partial charge < -0.3 is 14.8 Å². The summed E-state index contributed by atoms with van der Waals surface area (Å²) in [5.41, 5.74) is 5.36. The fourth-order valence-corrected chi connectivity index (χ4v) is 3.35. The number of aliphatic hydroxyl groups excluding tert-OH is 1. The summed E-state index contributed by atoms with van der Waals surface area (Å²) in [7, 11) is 0. The Morgan fingerprint density at radius 3 is 3.09 bits per heavy atom. The van der Waals surface area contributed by atoms with E-state index in [2.05, 4.69) is 35.0 Å². The van der Waals surface area contributed by atoms with E-state index in [9.17, 15) is 5.11 Å². The van der Waals surface area contributed by atoms with Crippen molar-refractivity contribution in [3.63, 3.8) is 0 Å². The van der Waals surface area contributed by atoms with Gasteiger partial charge in [0.15, 0.2) is 6.29 Å². The molecule has 0 saturated heterocycles. The van der Waals surface area contributed by atoms with Crippen molar-refractivity contribution in [3.05, 3.63) is 35.0 Å². The first-order valence-corrected chi connectivity index (χ1v) is 8.29. The number of nitrogens with zero attached hydrogens (tertiary/aromatic N) is 1. The lowest BCUT2D eigenvalue weighted by molar-refractivity contribution is -0.102. The van der Waals surface area contributed by atoms with Crippen LogP contribution in [0.25, 0.3) is 10.9 Å². The number of hydrogen-bond donors (Lipinski definition) is 2. The Kier molecular flexibility index (Phi) is 4.81. The van der Waals surface area contributed by atoms with Crippen molar-refractivity contribution in [2.24, 2.45) is 0 Å². The number of aromatic nitrogens is 1. The zero-order chi connectivity index (χ0) is 15.5. The maximum atomic E-state index is 9.76. The summed E-state index contributed by atoms with van der Waals surface area (Å²) in [5, 5.41) is 11.1. The maximum absolute atomic E-state index is 9.76. The van der Waals surface area contributed by atoms with Crippen molar-refractivity contribution >= 4 is 10.9 Å². The molecule has 0 saturated carbocycles. The molecule has 0 radical (unpaired) electrons. The minimum atomic E-state index is -0.641. The highest BCUT2D eigenvalue weighted by Gasteiger charge is 2.19. The van der Waals surface area contributed by atoms with Crippen molar-refractivity contribution in [1.29, 1.82) is 0 Å². The van der Waals surface area contributed by atoms with Crippen LogP contribution in [-0.2, 0) is 17.7 Å². The monoisotopic (exact) mass is 302 g/mol. The number of ether oxygens (including phenoxy) is 1. The fraction of sp³-hybridized carbons (Fsp3) is 0.556. The molecule has 1 atom stereocenters. The number of benzene rings is 1. The first-order chi connectivity index (χ1) is 10.7. The summed E-state index contributed by atoms with van der Waals surface area (Å²) >= 11 is 0. The van der Waals surface area contributed by atoms with Crippen LogP contribution in [0.4, 0.5) is 0 Å². The lowest BCUT2D eigenvalue weighted by Gasteiger charge is -2.21. The van der Waals surface area contributed by atoms with Crippen molar-refractivity contribution in [1.82, 2.24) is 9.88 Å². The molecule has 0 bridgehead atoms. The largest absolute Gasteiger partial charge is 0.368 e. The third kappa shape index (κ3) is 3.35. The molecule has 1 unspecified atom stereocenters. The summed E-state index contributed by atoms with van der Waals surface area (Å²) in [5.74, 6) is 0. The summed E-state index contributed by atoms with van der Waals surface area (Å²) in [6.07, 6.45) is 2.29. The SMILES string of the molecule is CCOC(O)CCN1CCCc2[nH]c3ccc(C)cc3c2C1. The van der Waals surface area contributed by atoms with Crippen molar-refractivity contribution in [2.45, 2.75) is 45.9 Å². The van der Waals surface area contributed by atoms with Crippen molar-refractivity contribution < 1.29 is 9.84 Å². The number of hydrogen-bond acceptors (Lipinski definition) is 3. The van der Waals surface area contributed by atoms with E-state index in [4.69, 9.17) is 4.74 Å². The van der Waals surface area contributed by atoms with Gasteiger partial charge in [-0.3, -0.25) is 4.90 Å². The molecular weight excluding hydrogens is 276 g/mol. The van der Waals surface area contributed by atoms with E-state index in [1.165, 1.54) is 27.7 Å². The molecule has 0 fully saturated rings. The quantitative estimate of drug-likeness (QED) is 0.835. The molecule has 4 nitrogen and oxygen atoms in total. The molecule has 22 heavy (non-hydrogen) atoms. The van der Waals surface area contributed by atoms with Crippen LogP contribution in [0.2, 0.25) is 0 Å². The Morgan fingerprint density at radius 1 is 1.41 bits per heavy atom. The molecule has 2 aromatic rings. The normalized spacial score (nSPS) is 17.4. The van der Waals surface area contributed by atoms with Gasteiger partial charge in [0.1, 0.15) is 0 Å². The number of aliphatic hydroxyl groups is 1. The van der Waals surface area contributed by atoms with Gasteiger partial charge >= 0.3 is 0 Å². The summed E-state index contributed by atoms with van der Waals surface area (Å²) in [6.45, 7) is 7.53. The third-order valence-corrected chi connectivity index (χ3v) is 4.48. The smallest absolute Gasteiger partial charge is 0.155 e. The fourth-order valence-electron chi connectivity index (χ4n) is 3.35. The van der Waals surface area contributed by atoms with Crippen LogP contribution in [0.5, 0.6) is 0 Å². The van der Waals surface area contributed by atoms with E-state index < -0.39 is 6.29 Å². The van der Waals surface area contributed by atoms with Gasteiger partial charge in [0.25, 0.3) is 0 Å². The van der Waals surface area contributed by atoms with Crippen molar-refractivity contribution in [2.75, 3.05) is 19.7 Å². The molecule has 2 N–H and O–H groups in total. The number of fused-ring (bicyclic) bond motifs is 3. The van der Waals surface area contributed by atoms with Crippen molar-refractivity contribution in [3.8, 4) is 0 Å². The van der Waals surface area contributed by atoms with Crippen LogP contribution in [0.15, 0.2) is 18.2 Å². The number of aryl methyl sites for hydroxylation is 2. The molecule has 1 aliphatic heterocycles. The second-order valence-corrected chi connectivity index (χ2v) is 6.21. The molecule has 0 amide bonds. The van der Waals surface area contributed by atoms with Crippen LogP contribution in [0.1, 0.15) is 36.6 Å². The number of aromatic amines is 1. The van der Waals surface area contributed by atoms with E-state index in [0.29, 0.717) is 13.0 Å². The van der Waals surface area contributed by atoms with Crippen LogP contribution in [0.3, 0.4) is 0 Å². The number of H-pyrrole nitrogens is 1. The van der Waals surface area contributed by atoms with E-state index >= 15 is 0 Å². The minimum absolute atomic E-state index is 0.563. The van der Waals surface area contributed by atoms with Crippen LogP contribution >= 0.6 is 0 Å². The van der Waals surface area contributed by atoms with Crippen LogP contribution in [0, 0.1) is 6.92 Å². The predicted octanol–water partition coefficient (Wildman–Crippen LogP) is 2.97. The van der Waals surface area contributed by atoms with Gasteiger partial charge in [-0.05, 0) is 50.9 Å². The Balaban J connectivity index is 1.76. The first-order valence-electron chi connectivity index (χ1n) is 8.29. The number of nitrogens with one attached hydrogen (secondary N) is 1. The molecule has 0 aliphatic carbocycles. The van der Waals surface area contributed by atoms with Gasteiger partial charge in [-0.15, -0.1) is 0 Å². The molecule has 4 heteroatoms. The van der Waals surface area contributed by atoms with Gasteiger partial charge in [-0.25, -0.2) is 0 Å². The molecule has 0 spiro atoms. The molecule has 1 aromatic heterocycles. The Morgan fingerprint density at radius 2 is 2.27 bits per heavy atom. The molecule has 2 heterocycles. The molecule has 1 aromatic carbocycles. The number of rotatable bonds is 5. The highest BCUT2D eigenvalue weighted by Crippen LogP contribution is 2.28. The zero-order valence-corrected chi connectivity index (χ0v) is 13.6. The summed E-state index contributed by atoms with van der Waals surface area (Å²) in [4.78, 5) is 6.02. The third-order valence-electron chi connectivity index (χ3n) is 4.48. The zero-order valence-electron chi connectivity index (χ0n) is 13.6. The Hall–Kier alpha value is -1.36. The standard InChI is InChI=1S/C18H26N2O2/c1-3-22-18(21)8-10-20-9-4-5-16-15(12-20)14-11-13(2)6-7-17(14)19-16/h6-7,11,18-19,21H,3-5,8-10,12H2,1-2H3. The van der Waals surface area contributed by atoms with E-state index in [0.717, 1.165) is 32.5 Å². The second kappa shape index (κ2) is 6.82. The van der Waals surface area contributed by atoms with Gasteiger partial charge in [0.05, 0.1) is 0 Å². The Labute approximate surface area is 132 Å². The molecule has 3 rings (SSSR count). The highest BCUT2D eigenvalue weighted by molar-refractivity contribution is 5.85. The van der Waals surface area contributed by atoms with Gasteiger partial charge in [-0.2, -0.15) is 0 Å². The molecular formula is C18H26N2O2. The van der Waals surface area contributed by atoms with E-state index in [1.807, 2.05) is 6.92 Å². The van der Waals surface area contributed by atoms with E-state index in [1.54, 1.807) is 0 Å². The summed E-state index contributed by atoms with van der Waals surface area (Å²) < 4.78 is 5.23. The minimum Gasteiger partial charge on any atom is -0.368 e. The maximum Gasteiger partial charge on any atom is 0.155 e. The van der Waals surface area contributed by atoms with E-state index in [-0.39, 0.29) is 0 Å². The average Bonchev–Trinajstić information content (AvgIpc) is 2.70. The van der Waals surface area contributed by atoms with Gasteiger partial charge in [0, 0.05) is 42.7 Å². The highest BCUT2D eigenvalue weighted by atomic mass is 16.6. The first kappa shape index (κ1) is 15.5. The van der Waals surface area contributed by atoms with Crippen LogP contribution in [-0.4, -0.2) is 41.0 Å². The predicted molar refractivity (Wildman–Crippen MR) is 88.9 cm³/mol. The van der Waals surface area contributed by atoms with Crippen LogP contribution < -0.4 is 0 Å². The average molecular weight is 302 g/mol. The lowest BCUT2D eigenvalue weighted by Crippen LogP contribution is -2.28. The topological polar surface area (TPSA) is 48.5 Å². The van der Waals surface area contributed by atoms with Gasteiger partial charge in [-0.1, -0.05) is 11.6 Å².